The quantitative estimate of drug-likeness (QED) is 0.798. The minimum absolute atomic E-state index is 0.103. The summed E-state index contributed by atoms with van der Waals surface area (Å²) in [6, 6.07) is 0. The van der Waals surface area contributed by atoms with Gasteiger partial charge in [0.25, 0.3) is 0 Å². The fraction of sp³-hybridized carbons (Fsp3) is 0.846. The maximum absolute atomic E-state index is 12.2. The number of ether oxygens (including phenoxy) is 1. The van der Waals surface area contributed by atoms with Crippen LogP contribution in [0.3, 0.4) is 0 Å². The fourth-order valence-electron chi connectivity index (χ4n) is 1.90. The van der Waals surface area contributed by atoms with E-state index in [1.165, 1.54) is 0 Å². The standard InChI is InChI=1S/C13H23NO4/c1-8-9(6-7-18-8)10(15)14-13(4,5)12(2,3)11(16)17/h8-9H,6-7H2,1-5H3,(H,14,15)(H,16,17). The number of carbonyl (C=O) groups is 2. The molecular weight excluding hydrogens is 234 g/mol. The van der Waals surface area contributed by atoms with Crippen LogP contribution in [0.1, 0.15) is 41.0 Å². The molecule has 5 nitrogen and oxygen atoms in total. The molecule has 1 saturated heterocycles. The molecule has 1 rings (SSSR count). The Kier molecular flexibility index (Phi) is 4.05. The number of amides is 1. The van der Waals surface area contributed by atoms with Crippen molar-refractivity contribution in [1.82, 2.24) is 5.32 Å². The van der Waals surface area contributed by atoms with Gasteiger partial charge in [0.15, 0.2) is 0 Å². The number of hydrogen-bond acceptors (Lipinski definition) is 3. The van der Waals surface area contributed by atoms with Crippen LogP contribution in [0, 0.1) is 11.3 Å². The zero-order valence-electron chi connectivity index (χ0n) is 11.7. The third-order valence-electron chi connectivity index (χ3n) is 4.25. The Morgan fingerprint density at radius 3 is 2.22 bits per heavy atom. The molecule has 1 fully saturated rings. The summed E-state index contributed by atoms with van der Waals surface area (Å²) in [6.45, 7) is 9.15. The van der Waals surface area contributed by atoms with Crippen LogP contribution in [0.25, 0.3) is 0 Å². The molecule has 0 radical (unpaired) electrons. The van der Waals surface area contributed by atoms with E-state index in [0.717, 1.165) is 0 Å². The van der Waals surface area contributed by atoms with Crippen molar-refractivity contribution in [2.24, 2.45) is 11.3 Å². The average Bonchev–Trinajstić information content (AvgIpc) is 2.63. The molecule has 2 N–H and O–H groups in total. The highest BCUT2D eigenvalue weighted by molar-refractivity contribution is 5.82. The summed E-state index contributed by atoms with van der Waals surface area (Å²) < 4.78 is 5.36. The van der Waals surface area contributed by atoms with Gasteiger partial charge in [0, 0.05) is 12.1 Å². The number of carboxylic acid groups (broad SMARTS) is 1. The van der Waals surface area contributed by atoms with Crippen LogP contribution in [0.2, 0.25) is 0 Å². The molecular formula is C13H23NO4. The first-order chi connectivity index (χ1) is 8.09. The fourth-order valence-corrected chi connectivity index (χ4v) is 1.90. The van der Waals surface area contributed by atoms with Gasteiger partial charge < -0.3 is 15.2 Å². The second-order valence-corrected chi connectivity index (χ2v) is 6.02. The molecule has 1 heterocycles. The first-order valence-corrected chi connectivity index (χ1v) is 6.26. The Morgan fingerprint density at radius 2 is 1.83 bits per heavy atom. The number of carbonyl (C=O) groups excluding carboxylic acids is 1. The lowest BCUT2D eigenvalue weighted by Crippen LogP contribution is -2.58. The summed E-state index contributed by atoms with van der Waals surface area (Å²) in [6.07, 6.45) is 0.588. The molecule has 1 amide bonds. The molecule has 0 aliphatic carbocycles. The van der Waals surface area contributed by atoms with Crippen LogP contribution in [0.15, 0.2) is 0 Å². The average molecular weight is 257 g/mol. The normalized spacial score (nSPS) is 24.9. The molecule has 0 aromatic carbocycles. The highest BCUT2D eigenvalue weighted by Crippen LogP contribution is 2.32. The van der Waals surface area contributed by atoms with Crippen molar-refractivity contribution < 1.29 is 19.4 Å². The minimum atomic E-state index is -1.04. The smallest absolute Gasteiger partial charge is 0.311 e. The van der Waals surface area contributed by atoms with Gasteiger partial charge in [-0.3, -0.25) is 9.59 Å². The van der Waals surface area contributed by atoms with E-state index in [-0.39, 0.29) is 17.9 Å². The Bertz CT molecular complexity index is 349. The summed E-state index contributed by atoms with van der Waals surface area (Å²) >= 11 is 0. The molecule has 1 aliphatic rings. The van der Waals surface area contributed by atoms with Crippen LogP contribution in [-0.2, 0) is 14.3 Å². The molecule has 0 aromatic heterocycles. The number of hydrogen-bond donors (Lipinski definition) is 2. The lowest BCUT2D eigenvalue weighted by Gasteiger charge is -2.39. The van der Waals surface area contributed by atoms with Gasteiger partial charge in [-0.15, -0.1) is 0 Å². The lowest BCUT2D eigenvalue weighted by molar-refractivity contribution is -0.152. The summed E-state index contributed by atoms with van der Waals surface area (Å²) in [4.78, 5) is 23.4. The van der Waals surface area contributed by atoms with Crippen molar-refractivity contribution in [2.75, 3.05) is 6.61 Å². The summed E-state index contributed by atoms with van der Waals surface area (Å²) in [5.41, 5.74) is -1.86. The second kappa shape index (κ2) is 4.88. The summed E-state index contributed by atoms with van der Waals surface area (Å²) in [5, 5.41) is 12.1. The van der Waals surface area contributed by atoms with Gasteiger partial charge in [-0.05, 0) is 41.0 Å². The molecule has 1 aliphatic heterocycles. The molecule has 0 bridgehead atoms. The molecule has 0 spiro atoms. The first-order valence-electron chi connectivity index (χ1n) is 6.26. The van der Waals surface area contributed by atoms with E-state index >= 15 is 0 Å². The van der Waals surface area contributed by atoms with Crippen molar-refractivity contribution >= 4 is 11.9 Å². The van der Waals surface area contributed by atoms with Crippen LogP contribution >= 0.6 is 0 Å². The Hall–Kier alpha value is -1.10. The SMILES string of the molecule is CC1OCCC1C(=O)NC(C)(C)C(C)(C)C(=O)O. The summed E-state index contributed by atoms with van der Waals surface area (Å²) in [5.74, 6) is -1.24. The van der Waals surface area contributed by atoms with Crippen molar-refractivity contribution in [3.8, 4) is 0 Å². The van der Waals surface area contributed by atoms with Crippen molar-refractivity contribution in [3.63, 3.8) is 0 Å². The highest BCUT2D eigenvalue weighted by Gasteiger charge is 2.45. The van der Waals surface area contributed by atoms with Crippen LogP contribution < -0.4 is 5.32 Å². The van der Waals surface area contributed by atoms with E-state index in [9.17, 15) is 14.7 Å². The maximum Gasteiger partial charge on any atom is 0.311 e. The van der Waals surface area contributed by atoms with E-state index in [1.807, 2.05) is 6.92 Å². The van der Waals surface area contributed by atoms with Crippen molar-refractivity contribution in [1.29, 1.82) is 0 Å². The van der Waals surface area contributed by atoms with Crippen molar-refractivity contribution in [3.05, 3.63) is 0 Å². The zero-order chi connectivity index (χ0) is 14.1. The summed E-state index contributed by atoms with van der Waals surface area (Å²) in [7, 11) is 0. The molecule has 2 unspecified atom stereocenters. The topological polar surface area (TPSA) is 75.6 Å². The monoisotopic (exact) mass is 257 g/mol. The molecule has 18 heavy (non-hydrogen) atoms. The van der Waals surface area contributed by atoms with Crippen LogP contribution in [-0.4, -0.2) is 35.2 Å². The predicted molar refractivity (Wildman–Crippen MR) is 67.2 cm³/mol. The van der Waals surface area contributed by atoms with Crippen LogP contribution in [0.5, 0.6) is 0 Å². The highest BCUT2D eigenvalue weighted by atomic mass is 16.5. The van der Waals surface area contributed by atoms with Gasteiger partial charge in [-0.25, -0.2) is 0 Å². The van der Waals surface area contributed by atoms with E-state index in [4.69, 9.17) is 4.74 Å². The van der Waals surface area contributed by atoms with E-state index in [2.05, 4.69) is 5.32 Å². The molecule has 104 valence electrons. The van der Waals surface area contributed by atoms with E-state index < -0.39 is 16.9 Å². The molecule has 5 heteroatoms. The van der Waals surface area contributed by atoms with Crippen molar-refractivity contribution in [2.45, 2.75) is 52.7 Å². The minimum Gasteiger partial charge on any atom is -0.481 e. The molecule has 2 atom stereocenters. The van der Waals surface area contributed by atoms with Gasteiger partial charge in [0.2, 0.25) is 5.91 Å². The molecule has 0 saturated carbocycles. The first kappa shape index (κ1) is 15.0. The Balaban J connectivity index is 2.77. The van der Waals surface area contributed by atoms with Gasteiger partial charge in [-0.2, -0.15) is 0 Å². The molecule has 0 aromatic rings. The third kappa shape index (κ3) is 2.66. The maximum atomic E-state index is 12.2. The van der Waals surface area contributed by atoms with Gasteiger partial charge >= 0.3 is 5.97 Å². The van der Waals surface area contributed by atoms with Gasteiger partial charge in [0.1, 0.15) is 0 Å². The number of rotatable bonds is 4. The van der Waals surface area contributed by atoms with Gasteiger partial charge in [-0.1, -0.05) is 0 Å². The third-order valence-corrected chi connectivity index (χ3v) is 4.25. The number of carboxylic acids is 1. The second-order valence-electron chi connectivity index (χ2n) is 6.02. The van der Waals surface area contributed by atoms with E-state index in [0.29, 0.717) is 13.0 Å². The Labute approximate surface area is 108 Å². The van der Waals surface area contributed by atoms with E-state index in [1.54, 1.807) is 27.7 Å². The van der Waals surface area contributed by atoms with Crippen LogP contribution in [0.4, 0.5) is 0 Å². The Morgan fingerprint density at radius 1 is 1.28 bits per heavy atom. The lowest BCUT2D eigenvalue weighted by atomic mass is 9.74. The van der Waals surface area contributed by atoms with Gasteiger partial charge in [0.05, 0.1) is 17.4 Å². The number of aliphatic carboxylic acids is 1. The zero-order valence-corrected chi connectivity index (χ0v) is 11.7. The number of nitrogens with one attached hydrogen (secondary N) is 1. The largest absolute Gasteiger partial charge is 0.481 e. The predicted octanol–water partition coefficient (Wildman–Crippen LogP) is 1.42.